The summed E-state index contributed by atoms with van der Waals surface area (Å²) in [5, 5.41) is 0. The third-order valence-corrected chi connectivity index (χ3v) is 3.95. The highest BCUT2D eigenvalue weighted by molar-refractivity contribution is 5.84. The molecule has 3 rings (SSSR count). The lowest BCUT2D eigenvalue weighted by Gasteiger charge is -2.12. The van der Waals surface area contributed by atoms with E-state index in [1.165, 1.54) is 24.3 Å². The van der Waals surface area contributed by atoms with E-state index in [0.29, 0.717) is 11.3 Å². The molecule has 0 aliphatic heterocycles. The van der Waals surface area contributed by atoms with E-state index in [1.54, 1.807) is 6.07 Å². The first kappa shape index (κ1) is 19.1. The Morgan fingerprint density at radius 1 is 0.786 bits per heavy atom. The Morgan fingerprint density at radius 2 is 1.43 bits per heavy atom. The second kappa shape index (κ2) is 9.32. The molecule has 28 heavy (non-hydrogen) atoms. The van der Waals surface area contributed by atoms with Gasteiger partial charge in [-0.2, -0.15) is 0 Å². The summed E-state index contributed by atoms with van der Waals surface area (Å²) in [5.74, 6) is -0.702. The van der Waals surface area contributed by atoms with Gasteiger partial charge in [0.1, 0.15) is 11.6 Å². The predicted molar refractivity (Wildman–Crippen MR) is 104 cm³/mol. The van der Waals surface area contributed by atoms with E-state index < -0.39 is 11.8 Å². The highest BCUT2D eigenvalue weighted by Gasteiger charge is 2.09. The van der Waals surface area contributed by atoms with Crippen LogP contribution < -0.4 is 15.6 Å². The Kier molecular flexibility index (Phi) is 6.36. The minimum absolute atomic E-state index is 0.0260. The van der Waals surface area contributed by atoms with Gasteiger partial charge in [0.15, 0.2) is 6.61 Å². The normalized spacial score (nSPS) is 10.2. The summed E-state index contributed by atoms with van der Waals surface area (Å²) < 4.78 is 18.5. The molecule has 0 aromatic heterocycles. The third kappa shape index (κ3) is 5.41. The number of hydrogen-bond donors (Lipinski definition) is 2. The number of halogens is 1. The molecule has 0 spiro atoms. The van der Waals surface area contributed by atoms with Gasteiger partial charge in [0.25, 0.3) is 5.91 Å². The molecular formula is C22H19FN2O3. The number of rotatable bonds is 6. The molecular weight excluding hydrogens is 359 g/mol. The van der Waals surface area contributed by atoms with E-state index in [-0.39, 0.29) is 18.8 Å². The molecule has 0 saturated carbocycles. The van der Waals surface area contributed by atoms with Crippen LogP contribution >= 0.6 is 0 Å². The number of benzene rings is 3. The number of carbonyl (C=O) groups excluding carboxylic acids is 2. The van der Waals surface area contributed by atoms with E-state index >= 15 is 0 Å². The summed E-state index contributed by atoms with van der Waals surface area (Å²) in [7, 11) is 0. The van der Waals surface area contributed by atoms with Crippen molar-refractivity contribution in [3.63, 3.8) is 0 Å². The number of hydrogen-bond acceptors (Lipinski definition) is 3. The average Bonchev–Trinajstić information content (AvgIpc) is 2.73. The topological polar surface area (TPSA) is 67.4 Å². The van der Waals surface area contributed by atoms with Crippen LogP contribution in [0.1, 0.15) is 5.56 Å². The number of hydrazine groups is 1. The molecule has 2 amide bonds. The third-order valence-electron chi connectivity index (χ3n) is 3.95. The Hall–Kier alpha value is -3.67. The van der Waals surface area contributed by atoms with Crippen molar-refractivity contribution in [1.82, 2.24) is 10.9 Å². The lowest BCUT2D eigenvalue weighted by Crippen LogP contribution is -2.44. The second-order valence-electron chi connectivity index (χ2n) is 6.05. The number of para-hydroxylation sites is 1. The number of amides is 2. The van der Waals surface area contributed by atoms with Gasteiger partial charge in [0.05, 0.1) is 6.42 Å². The van der Waals surface area contributed by atoms with Gasteiger partial charge in [-0.05, 0) is 29.3 Å². The molecule has 0 saturated heterocycles. The summed E-state index contributed by atoms with van der Waals surface area (Å²) in [6.07, 6.45) is 0.0260. The molecule has 3 aromatic rings. The monoisotopic (exact) mass is 378 g/mol. The molecule has 5 nitrogen and oxygen atoms in total. The molecule has 0 atom stereocenters. The Morgan fingerprint density at radius 3 is 2.18 bits per heavy atom. The maximum absolute atomic E-state index is 12.9. The number of ether oxygens (including phenoxy) is 1. The van der Waals surface area contributed by atoms with Crippen LogP contribution in [0.2, 0.25) is 0 Å². The van der Waals surface area contributed by atoms with Crippen molar-refractivity contribution in [3.05, 3.63) is 90.2 Å². The van der Waals surface area contributed by atoms with Crippen molar-refractivity contribution in [2.45, 2.75) is 6.42 Å². The van der Waals surface area contributed by atoms with Gasteiger partial charge < -0.3 is 4.74 Å². The summed E-state index contributed by atoms with van der Waals surface area (Å²) in [5.41, 5.74) is 7.11. The van der Waals surface area contributed by atoms with Crippen molar-refractivity contribution < 1.29 is 18.7 Å². The quantitative estimate of drug-likeness (QED) is 0.647. The van der Waals surface area contributed by atoms with E-state index in [2.05, 4.69) is 10.9 Å². The van der Waals surface area contributed by atoms with Crippen molar-refractivity contribution in [1.29, 1.82) is 0 Å². The fraction of sp³-hybridized carbons (Fsp3) is 0.0909. The van der Waals surface area contributed by atoms with Gasteiger partial charge in [0.2, 0.25) is 5.91 Å². The molecule has 3 aromatic carbocycles. The zero-order valence-corrected chi connectivity index (χ0v) is 15.0. The smallest absolute Gasteiger partial charge is 0.276 e. The first-order valence-corrected chi connectivity index (χ1v) is 8.71. The molecule has 0 fully saturated rings. The van der Waals surface area contributed by atoms with E-state index in [4.69, 9.17) is 4.74 Å². The lowest BCUT2D eigenvalue weighted by atomic mass is 10.1. The van der Waals surface area contributed by atoms with E-state index in [0.717, 1.165) is 11.1 Å². The van der Waals surface area contributed by atoms with Gasteiger partial charge in [-0.25, -0.2) is 4.39 Å². The molecule has 142 valence electrons. The lowest BCUT2D eigenvalue weighted by molar-refractivity contribution is -0.129. The zero-order valence-electron chi connectivity index (χ0n) is 15.0. The van der Waals surface area contributed by atoms with Gasteiger partial charge >= 0.3 is 0 Å². The van der Waals surface area contributed by atoms with Crippen LogP contribution in [0.3, 0.4) is 0 Å². The molecule has 0 unspecified atom stereocenters. The van der Waals surface area contributed by atoms with Gasteiger partial charge in [0, 0.05) is 5.56 Å². The average molecular weight is 378 g/mol. The van der Waals surface area contributed by atoms with Crippen LogP contribution in [-0.4, -0.2) is 18.4 Å². The Bertz CT molecular complexity index is 944. The highest BCUT2D eigenvalue weighted by atomic mass is 19.1. The predicted octanol–water partition coefficient (Wildman–Crippen LogP) is 3.26. The fourth-order valence-corrected chi connectivity index (χ4v) is 2.60. The second-order valence-corrected chi connectivity index (χ2v) is 6.05. The van der Waals surface area contributed by atoms with Crippen LogP contribution in [0.5, 0.6) is 5.75 Å². The van der Waals surface area contributed by atoms with Gasteiger partial charge in [-0.1, -0.05) is 60.7 Å². The summed E-state index contributed by atoms with van der Waals surface area (Å²) in [4.78, 5) is 23.8. The van der Waals surface area contributed by atoms with Crippen molar-refractivity contribution >= 4 is 11.8 Å². The first-order valence-electron chi connectivity index (χ1n) is 8.71. The molecule has 2 N–H and O–H groups in total. The summed E-state index contributed by atoms with van der Waals surface area (Å²) >= 11 is 0. The standard InChI is InChI=1S/C22H19FN2O3/c23-18-12-10-16(11-13-18)14-21(26)24-25-22(27)15-28-20-9-5-4-8-19(20)17-6-2-1-3-7-17/h1-13H,14-15H2,(H,24,26)(H,25,27). The first-order chi connectivity index (χ1) is 13.6. The van der Waals surface area contributed by atoms with Crippen molar-refractivity contribution in [2.24, 2.45) is 0 Å². The summed E-state index contributed by atoms with van der Waals surface area (Å²) in [6, 6.07) is 22.7. The van der Waals surface area contributed by atoms with Crippen LogP contribution in [0.4, 0.5) is 4.39 Å². The minimum atomic E-state index is -0.490. The Balaban J connectivity index is 1.50. The molecule has 0 radical (unpaired) electrons. The van der Waals surface area contributed by atoms with Crippen LogP contribution in [-0.2, 0) is 16.0 Å². The van der Waals surface area contributed by atoms with Gasteiger partial charge in [-0.15, -0.1) is 0 Å². The maximum Gasteiger partial charge on any atom is 0.276 e. The number of carbonyl (C=O) groups is 2. The molecule has 0 aliphatic carbocycles. The number of nitrogens with one attached hydrogen (secondary N) is 2. The van der Waals surface area contributed by atoms with Crippen molar-refractivity contribution in [2.75, 3.05) is 6.61 Å². The zero-order chi connectivity index (χ0) is 19.8. The molecule has 0 aliphatic rings. The van der Waals surface area contributed by atoms with Crippen LogP contribution in [0, 0.1) is 5.82 Å². The maximum atomic E-state index is 12.9. The van der Waals surface area contributed by atoms with Gasteiger partial charge in [-0.3, -0.25) is 20.4 Å². The fourth-order valence-electron chi connectivity index (χ4n) is 2.60. The largest absolute Gasteiger partial charge is 0.483 e. The Labute approximate surface area is 162 Å². The van der Waals surface area contributed by atoms with E-state index in [1.807, 2.05) is 48.5 Å². The molecule has 0 bridgehead atoms. The minimum Gasteiger partial charge on any atom is -0.483 e. The summed E-state index contributed by atoms with van der Waals surface area (Å²) in [6.45, 7) is -0.249. The SMILES string of the molecule is O=C(COc1ccccc1-c1ccccc1)NNC(=O)Cc1ccc(F)cc1. The molecule has 0 heterocycles. The van der Waals surface area contributed by atoms with Crippen LogP contribution in [0.15, 0.2) is 78.9 Å². The molecule has 6 heteroatoms. The van der Waals surface area contributed by atoms with E-state index in [9.17, 15) is 14.0 Å². The highest BCUT2D eigenvalue weighted by Crippen LogP contribution is 2.29. The van der Waals surface area contributed by atoms with Crippen molar-refractivity contribution in [3.8, 4) is 16.9 Å². The van der Waals surface area contributed by atoms with Crippen LogP contribution in [0.25, 0.3) is 11.1 Å².